The van der Waals surface area contributed by atoms with Crippen molar-refractivity contribution in [3.63, 3.8) is 0 Å². The predicted molar refractivity (Wildman–Crippen MR) is 158 cm³/mol. The molecule has 0 fully saturated rings. The molecule has 1 aliphatic heterocycles. The molecule has 0 atom stereocenters. The summed E-state index contributed by atoms with van der Waals surface area (Å²) in [6.07, 6.45) is 14.6. The number of esters is 2. The van der Waals surface area contributed by atoms with Crippen molar-refractivity contribution in [1.82, 2.24) is 9.80 Å². The van der Waals surface area contributed by atoms with Gasteiger partial charge in [0.15, 0.2) is 0 Å². The van der Waals surface area contributed by atoms with Crippen molar-refractivity contribution in [2.75, 3.05) is 40.4 Å². The molecule has 1 aromatic rings. The van der Waals surface area contributed by atoms with Gasteiger partial charge < -0.3 is 19.3 Å². The monoisotopic (exact) mass is 564 g/mol. The quantitative estimate of drug-likeness (QED) is 0.130. The summed E-state index contributed by atoms with van der Waals surface area (Å²) in [5.41, 5.74) is 1.78. The molecule has 0 saturated heterocycles. The first-order valence-electron chi connectivity index (χ1n) is 15.2. The molecule has 2 heterocycles. The Balaban J connectivity index is 1.57. The largest absolute Gasteiger partial charge is 0.466 e. The molecule has 1 amide bonds. The Morgan fingerprint density at radius 1 is 0.846 bits per heavy atom. The fourth-order valence-corrected chi connectivity index (χ4v) is 6.24. The minimum absolute atomic E-state index is 0.0933. The number of unbranched alkanes of at least 4 members (excludes halogenated alkanes) is 9. The van der Waals surface area contributed by atoms with Crippen molar-refractivity contribution < 1.29 is 23.9 Å². The Hall–Kier alpha value is -1.93. The van der Waals surface area contributed by atoms with Gasteiger partial charge in [0.25, 0.3) is 0 Å². The molecule has 0 saturated carbocycles. The average Bonchev–Trinajstić information content (AvgIpc) is 3.24. The van der Waals surface area contributed by atoms with Crippen LogP contribution in [0.1, 0.15) is 122 Å². The topological polar surface area (TPSA) is 76.2 Å². The Labute approximate surface area is 240 Å². The number of carbonyl (C=O) groups excluding carboxylic acids is 3. The fraction of sp³-hybridized carbons (Fsp3) is 0.774. The third kappa shape index (κ3) is 12.9. The van der Waals surface area contributed by atoms with Crippen molar-refractivity contribution >= 4 is 29.2 Å². The summed E-state index contributed by atoms with van der Waals surface area (Å²) >= 11 is 1.61. The van der Waals surface area contributed by atoms with Crippen molar-refractivity contribution in [2.24, 2.45) is 0 Å². The molecule has 39 heavy (non-hydrogen) atoms. The summed E-state index contributed by atoms with van der Waals surface area (Å²) in [6.45, 7) is 7.27. The molecule has 2 rings (SSSR count). The van der Waals surface area contributed by atoms with E-state index in [1.807, 2.05) is 25.9 Å². The number of carbonyl (C=O) groups is 3. The Kier molecular flexibility index (Phi) is 16.4. The lowest BCUT2D eigenvalue weighted by atomic mass is 10.0. The molecule has 8 heteroatoms. The lowest BCUT2D eigenvalue weighted by Crippen LogP contribution is -2.35. The Bertz CT molecular complexity index is 883. The highest BCUT2D eigenvalue weighted by Crippen LogP contribution is 2.33. The van der Waals surface area contributed by atoms with Crippen LogP contribution in [-0.4, -0.2) is 68.0 Å². The summed E-state index contributed by atoms with van der Waals surface area (Å²) in [4.78, 5) is 43.5. The normalized spacial score (nSPS) is 13.0. The minimum atomic E-state index is -0.231. The second kappa shape index (κ2) is 19.2. The molecule has 0 aliphatic carbocycles. The highest BCUT2D eigenvalue weighted by atomic mass is 32.1. The smallest absolute Gasteiger partial charge is 0.339 e. The summed E-state index contributed by atoms with van der Waals surface area (Å²) in [5, 5.41) is 0. The van der Waals surface area contributed by atoms with Gasteiger partial charge in [0, 0.05) is 35.7 Å². The van der Waals surface area contributed by atoms with Crippen molar-refractivity contribution in [3.05, 3.63) is 20.9 Å². The van der Waals surface area contributed by atoms with E-state index in [1.165, 1.54) is 32.1 Å². The van der Waals surface area contributed by atoms with Gasteiger partial charge in [-0.3, -0.25) is 9.59 Å². The van der Waals surface area contributed by atoms with Crippen LogP contribution in [0.4, 0.5) is 0 Å². The highest BCUT2D eigenvalue weighted by Gasteiger charge is 2.28. The van der Waals surface area contributed by atoms with Crippen LogP contribution in [0.3, 0.4) is 0 Å². The molecule has 222 valence electrons. The van der Waals surface area contributed by atoms with E-state index >= 15 is 0 Å². The lowest BCUT2D eigenvalue weighted by molar-refractivity contribution is -0.144. The number of aryl methyl sites for hydroxylation is 1. The van der Waals surface area contributed by atoms with Crippen molar-refractivity contribution in [3.8, 4) is 0 Å². The van der Waals surface area contributed by atoms with E-state index in [0.717, 1.165) is 66.8 Å². The van der Waals surface area contributed by atoms with Crippen LogP contribution >= 0.6 is 11.3 Å². The van der Waals surface area contributed by atoms with Crippen LogP contribution in [0.25, 0.3) is 0 Å². The molecule has 0 radical (unpaired) electrons. The van der Waals surface area contributed by atoms with E-state index in [2.05, 4.69) is 11.8 Å². The van der Waals surface area contributed by atoms with E-state index in [-0.39, 0.29) is 17.8 Å². The first kappa shape index (κ1) is 33.3. The van der Waals surface area contributed by atoms with Gasteiger partial charge in [0.05, 0.1) is 25.3 Å². The highest BCUT2D eigenvalue weighted by molar-refractivity contribution is 7.12. The van der Waals surface area contributed by atoms with Crippen molar-refractivity contribution in [1.29, 1.82) is 0 Å². The van der Waals surface area contributed by atoms with Gasteiger partial charge in [0.2, 0.25) is 5.91 Å². The van der Waals surface area contributed by atoms with E-state index < -0.39 is 0 Å². The number of rotatable bonds is 20. The minimum Gasteiger partial charge on any atom is -0.466 e. The number of thiophene rings is 1. The zero-order chi connectivity index (χ0) is 28.5. The molecule has 0 spiro atoms. The summed E-state index contributed by atoms with van der Waals surface area (Å²) in [5.74, 6) is -0.150. The zero-order valence-corrected chi connectivity index (χ0v) is 25.8. The molecule has 7 nitrogen and oxygen atoms in total. The number of fused-ring (bicyclic) bond motifs is 1. The summed E-state index contributed by atoms with van der Waals surface area (Å²) in [6, 6.07) is 0. The summed E-state index contributed by atoms with van der Waals surface area (Å²) in [7, 11) is 4.01. The number of hydrogen-bond acceptors (Lipinski definition) is 7. The standard InChI is InChI=1S/C31H52N2O5S/c1-5-6-7-8-9-12-15-22-37-29(35)18-14-11-10-13-17-28(34)33-21-19-26-27(24-33)39-25(2)30(26)31(36)38-23-16-20-32(3)4/h5-24H2,1-4H3. The molecular weight excluding hydrogens is 512 g/mol. The number of ether oxygens (including phenoxy) is 2. The van der Waals surface area contributed by atoms with E-state index in [9.17, 15) is 14.4 Å². The molecule has 0 aromatic carbocycles. The molecule has 0 N–H and O–H groups in total. The Morgan fingerprint density at radius 2 is 1.49 bits per heavy atom. The maximum Gasteiger partial charge on any atom is 0.339 e. The molecule has 1 aliphatic rings. The third-order valence-corrected chi connectivity index (χ3v) is 8.44. The molecule has 0 bridgehead atoms. The summed E-state index contributed by atoms with van der Waals surface area (Å²) < 4.78 is 10.9. The Morgan fingerprint density at radius 3 is 2.21 bits per heavy atom. The van der Waals surface area contributed by atoms with Crippen molar-refractivity contribution in [2.45, 2.75) is 117 Å². The van der Waals surface area contributed by atoms with Crippen LogP contribution in [-0.2, 0) is 32.0 Å². The van der Waals surface area contributed by atoms with E-state index in [1.54, 1.807) is 11.3 Å². The van der Waals surface area contributed by atoms with Gasteiger partial charge in [-0.25, -0.2) is 4.79 Å². The van der Waals surface area contributed by atoms with Gasteiger partial charge in [-0.1, -0.05) is 58.3 Å². The second-order valence-electron chi connectivity index (χ2n) is 11.0. The maximum absolute atomic E-state index is 12.8. The van der Waals surface area contributed by atoms with Gasteiger partial charge in [0.1, 0.15) is 0 Å². The van der Waals surface area contributed by atoms with E-state index in [0.29, 0.717) is 51.1 Å². The van der Waals surface area contributed by atoms with Crippen LogP contribution in [0.2, 0.25) is 0 Å². The average molecular weight is 565 g/mol. The number of nitrogens with zero attached hydrogens (tertiary/aromatic N) is 2. The van der Waals surface area contributed by atoms with Crippen LogP contribution in [0, 0.1) is 6.92 Å². The van der Waals surface area contributed by atoms with Gasteiger partial charge in [-0.2, -0.15) is 0 Å². The predicted octanol–water partition coefficient (Wildman–Crippen LogP) is 6.68. The van der Waals surface area contributed by atoms with Gasteiger partial charge >= 0.3 is 11.9 Å². The number of hydrogen-bond donors (Lipinski definition) is 0. The molecule has 1 aromatic heterocycles. The third-order valence-electron chi connectivity index (χ3n) is 7.31. The van der Waals surface area contributed by atoms with Crippen LogP contribution < -0.4 is 0 Å². The first-order valence-corrected chi connectivity index (χ1v) is 16.0. The van der Waals surface area contributed by atoms with Gasteiger partial charge in [-0.05, 0) is 58.7 Å². The lowest BCUT2D eigenvalue weighted by Gasteiger charge is -2.27. The van der Waals surface area contributed by atoms with Crippen LogP contribution in [0.5, 0.6) is 0 Å². The molecular formula is C31H52N2O5S. The molecule has 0 unspecified atom stereocenters. The van der Waals surface area contributed by atoms with E-state index in [4.69, 9.17) is 9.47 Å². The first-order chi connectivity index (χ1) is 18.8. The zero-order valence-electron chi connectivity index (χ0n) is 25.0. The SMILES string of the molecule is CCCCCCCCCOC(=O)CCCCCCC(=O)N1CCc2c(sc(C)c2C(=O)OCCCN(C)C)C1. The van der Waals surface area contributed by atoms with Gasteiger partial charge in [-0.15, -0.1) is 11.3 Å². The number of amides is 1. The second-order valence-corrected chi connectivity index (χ2v) is 12.4. The van der Waals surface area contributed by atoms with Crippen LogP contribution in [0.15, 0.2) is 0 Å². The maximum atomic E-state index is 12.8. The fourth-order valence-electron chi connectivity index (χ4n) is 5.01.